The number of carbonyl (C=O) groups is 2. The van der Waals surface area contributed by atoms with Crippen molar-refractivity contribution >= 4 is 30.0 Å². The quantitative estimate of drug-likeness (QED) is 0.847. The third-order valence-electron chi connectivity index (χ3n) is 5.30. The van der Waals surface area contributed by atoms with Crippen molar-refractivity contribution in [2.45, 2.75) is 31.7 Å². The first kappa shape index (κ1) is 20.5. The van der Waals surface area contributed by atoms with Gasteiger partial charge in [0.2, 0.25) is 5.91 Å². The molecule has 0 spiro atoms. The first-order chi connectivity index (χ1) is 12.2. The highest BCUT2D eigenvalue weighted by Crippen LogP contribution is 2.22. The lowest BCUT2D eigenvalue weighted by atomic mass is 9.94. The van der Waals surface area contributed by atoms with E-state index in [1.165, 1.54) is 0 Å². The van der Waals surface area contributed by atoms with E-state index in [1.54, 1.807) is 0 Å². The molecule has 0 aromatic heterocycles. The number of likely N-dealkylation sites (N-methyl/N-ethyl adjacent to an activating group) is 1. The van der Waals surface area contributed by atoms with Crippen LogP contribution in [0, 0.1) is 5.92 Å². The Labute approximate surface area is 161 Å². The van der Waals surface area contributed by atoms with Crippen molar-refractivity contribution in [3.05, 3.63) is 30.3 Å². The number of halogens is 1. The Balaban J connectivity index is 0.00000243. The van der Waals surface area contributed by atoms with Crippen LogP contribution in [0.2, 0.25) is 0 Å². The van der Waals surface area contributed by atoms with Gasteiger partial charge in [-0.3, -0.25) is 4.79 Å². The number of hydrogen-bond donors (Lipinski definition) is 2. The molecule has 1 atom stereocenters. The third-order valence-corrected chi connectivity index (χ3v) is 5.30. The molecule has 1 aromatic carbocycles. The average molecular weight is 381 g/mol. The maximum Gasteiger partial charge on any atom is 0.321 e. The van der Waals surface area contributed by atoms with Crippen molar-refractivity contribution in [2.24, 2.45) is 5.92 Å². The number of nitrogens with zero attached hydrogens (tertiary/aromatic N) is 2. The van der Waals surface area contributed by atoms with Crippen molar-refractivity contribution < 1.29 is 9.59 Å². The zero-order chi connectivity index (χ0) is 17.6. The maximum absolute atomic E-state index is 12.8. The van der Waals surface area contributed by atoms with Crippen molar-refractivity contribution in [3.63, 3.8) is 0 Å². The van der Waals surface area contributed by atoms with Crippen molar-refractivity contribution in [1.29, 1.82) is 0 Å². The first-order valence-electron chi connectivity index (χ1n) is 9.24. The molecular weight excluding hydrogens is 352 g/mol. The Morgan fingerprint density at radius 1 is 1.00 bits per heavy atom. The molecule has 2 N–H and O–H groups in total. The van der Waals surface area contributed by atoms with E-state index in [-0.39, 0.29) is 30.3 Å². The smallest absolute Gasteiger partial charge is 0.321 e. The van der Waals surface area contributed by atoms with Crippen LogP contribution in [-0.2, 0) is 4.79 Å². The van der Waals surface area contributed by atoms with Crippen LogP contribution in [0.15, 0.2) is 30.3 Å². The summed E-state index contributed by atoms with van der Waals surface area (Å²) in [5, 5.41) is 6.20. The molecule has 0 radical (unpaired) electrons. The second-order valence-electron chi connectivity index (χ2n) is 6.97. The van der Waals surface area contributed by atoms with Crippen LogP contribution in [-0.4, -0.2) is 61.0 Å². The highest BCUT2D eigenvalue weighted by molar-refractivity contribution is 5.89. The van der Waals surface area contributed by atoms with Crippen LogP contribution in [0.5, 0.6) is 0 Å². The number of rotatable bonds is 3. The molecule has 2 fully saturated rings. The molecule has 3 rings (SSSR count). The lowest BCUT2D eigenvalue weighted by molar-refractivity contribution is -0.138. The summed E-state index contributed by atoms with van der Waals surface area (Å²) < 4.78 is 0. The Hall–Kier alpha value is -1.79. The number of carbonyl (C=O) groups excluding carboxylic acids is 2. The van der Waals surface area contributed by atoms with E-state index in [0.717, 1.165) is 44.5 Å². The molecule has 2 aliphatic rings. The van der Waals surface area contributed by atoms with E-state index in [1.807, 2.05) is 47.2 Å². The lowest BCUT2D eigenvalue weighted by Gasteiger charge is -2.37. The molecule has 6 nitrogen and oxygen atoms in total. The Bertz CT molecular complexity index is 590. The normalized spacial score (nSPS) is 21.0. The fourth-order valence-electron chi connectivity index (χ4n) is 3.72. The van der Waals surface area contributed by atoms with Gasteiger partial charge in [0, 0.05) is 43.8 Å². The zero-order valence-electron chi connectivity index (χ0n) is 15.3. The Kier molecular flexibility index (Phi) is 7.72. The fourth-order valence-corrected chi connectivity index (χ4v) is 3.72. The summed E-state index contributed by atoms with van der Waals surface area (Å²) in [5.74, 6) is 0.319. The van der Waals surface area contributed by atoms with Crippen molar-refractivity contribution in [3.8, 4) is 0 Å². The summed E-state index contributed by atoms with van der Waals surface area (Å²) in [6, 6.07) is 9.81. The van der Waals surface area contributed by atoms with E-state index >= 15 is 0 Å². The minimum absolute atomic E-state index is 0. The number of urea groups is 1. The largest absolute Gasteiger partial charge is 0.341 e. The van der Waals surface area contributed by atoms with Gasteiger partial charge in [-0.15, -0.1) is 12.4 Å². The first-order valence-corrected chi connectivity index (χ1v) is 9.24. The highest BCUT2D eigenvalue weighted by Gasteiger charge is 2.32. The van der Waals surface area contributed by atoms with E-state index in [9.17, 15) is 9.59 Å². The van der Waals surface area contributed by atoms with E-state index in [2.05, 4.69) is 10.6 Å². The number of anilines is 1. The summed E-state index contributed by atoms with van der Waals surface area (Å²) in [6.07, 6.45) is 3.71. The van der Waals surface area contributed by atoms with Gasteiger partial charge in [0.05, 0.1) is 0 Å². The topological polar surface area (TPSA) is 64.7 Å². The lowest BCUT2D eigenvalue weighted by Crippen LogP contribution is -2.51. The Morgan fingerprint density at radius 2 is 1.69 bits per heavy atom. The van der Waals surface area contributed by atoms with Gasteiger partial charge in [0.1, 0.15) is 0 Å². The third kappa shape index (κ3) is 5.11. The number of hydrogen-bond acceptors (Lipinski definition) is 3. The van der Waals surface area contributed by atoms with Gasteiger partial charge in [-0.1, -0.05) is 18.2 Å². The van der Waals surface area contributed by atoms with Gasteiger partial charge in [0.25, 0.3) is 0 Å². The second kappa shape index (κ2) is 9.78. The van der Waals surface area contributed by atoms with Gasteiger partial charge in [-0.25, -0.2) is 4.79 Å². The number of likely N-dealkylation sites (tertiary alicyclic amines) is 2. The van der Waals surface area contributed by atoms with Crippen molar-refractivity contribution in [2.75, 3.05) is 38.5 Å². The number of amides is 3. The number of piperidine rings is 2. The SMILES string of the molecule is CNC1CCCN(C(=O)C2CCN(C(=O)Nc3ccccc3)CC2)C1.Cl. The maximum atomic E-state index is 12.8. The van der Waals surface area contributed by atoms with Crippen LogP contribution < -0.4 is 10.6 Å². The standard InChI is InChI=1S/C19H28N4O2.ClH/c1-20-17-8-5-11-23(14-17)18(24)15-9-12-22(13-10-15)19(25)21-16-6-3-2-4-7-16;/h2-4,6-7,15,17,20H,5,8-14H2,1H3,(H,21,25);1H. The minimum Gasteiger partial charge on any atom is -0.341 e. The zero-order valence-corrected chi connectivity index (χ0v) is 16.1. The molecule has 3 amide bonds. The van der Waals surface area contributed by atoms with Crippen LogP contribution in [0.4, 0.5) is 10.5 Å². The molecule has 0 bridgehead atoms. The van der Waals surface area contributed by atoms with Crippen molar-refractivity contribution in [1.82, 2.24) is 15.1 Å². The number of para-hydroxylation sites is 1. The van der Waals surface area contributed by atoms with Gasteiger partial charge in [-0.2, -0.15) is 0 Å². The summed E-state index contributed by atoms with van der Waals surface area (Å²) >= 11 is 0. The molecule has 1 unspecified atom stereocenters. The monoisotopic (exact) mass is 380 g/mol. The molecule has 2 aliphatic heterocycles. The Morgan fingerprint density at radius 3 is 2.35 bits per heavy atom. The molecule has 26 heavy (non-hydrogen) atoms. The molecule has 0 aliphatic carbocycles. The van der Waals surface area contributed by atoms with Crippen LogP contribution in [0.1, 0.15) is 25.7 Å². The summed E-state index contributed by atoms with van der Waals surface area (Å²) in [6.45, 7) is 2.95. The van der Waals surface area contributed by atoms with Gasteiger partial charge < -0.3 is 20.4 Å². The highest BCUT2D eigenvalue weighted by atomic mass is 35.5. The predicted molar refractivity (Wildman–Crippen MR) is 106 cm³/mol. The summed E-state index contributed by atoms with van der Waals surface area (Å²) in [5.41, 5.74) is 0.803. The number of benzene rings is 1. The molecule has 2 saturated heterocycles. The van der Waals surface area contributed by atoms with E-state index < -0.39 is 0 Å². The summed E-state index contributed by atoms with van der Waals surface area (Å²) in [4.78, 5) is 28.9. The average Bonchev–Trinajstić information content (AvgIpc) is 2.68. The molecule has 2 heterocycles. The number of nitrogens with one attached hydrogen (secondary N) is 2. The molecule has 7 heteroatoms. The molecule has 144 valence electrons. The van der Waals surface area contributed by atoms with Gasteiger partial charge >= 0.3 is 6.03 Å². The van der Waals surface area contributed by atoms with Gasteiger partial charge in [0.15, 0.2) is 0 Å². The predicted octanol–water partition coefficient (Wildman–Crippen LogP) is 2.56. The summed E-state index contributed by atoms with van der Waals surface area (Å²) in [7, 11) is 1.96. The van der Waals surface area contributed by atoms with E-state index in [0.29, 0.717) is 19.1 Å². The minimum atomic E-state index is -0.0784. The van der Waals surface area contributed by atoms with Crippen LogP contribution in [0.25, 0.3) is 0 Å². The van der Waals surface area contributed by atoms with E-state index in [4.69, 9.17) is 0 Å². The fraction of sp³-hybridized carbons (Fsp3) is 0.579. The molecule has 1 aromatic rings. The second-order valence-corrected chi connectivity index (χ2v) is 6.97. The molecular formula is C19H29ClN4O2. The van der Waals surface area contributed by atoms with Crippen LogP contribution >= 0.6 is 12.4 Å². The van der Waals surface area contributed by atoms with Crippen LogP contribution in [0.3, 0.4) is 0 Å². The molecule has 0 saturated carbocycles. The van der Waals surface area contributed by atoms with Gasteiger partial charge in [-0.05, 0) is 44.9 Å².